The summed E-state index contributed by atoms with van der Waals surface area (Å²) in [4.78, 5) is 0. The van der Waals surface area contributed by atoms with E-state index in [1.54, 1.807) is 0 Å². The summed E-state index contributed by atoms with van der Waals surface area (Å²) in [6.45, 7) is 9.55. The average molecular weight is 1100 g/mol. The Bertz CT molecular complexity index is 7730. The number of fused-ring (bicyclic) bond motifs is 12. The highest BCUT2D eigenvalue weighted by Gasteiger charge is 2.38. The first kappa shape index (κ1) is 41.2. The lowest BCUT2D eigenvalue weighted by Gasteiger charge is -2.33. The molecule has 0 unspecified atom stereocenters. The molecule has 0 amide bonds. The van der Waals surface area contributed by atoms with Crippen LogP contribution >= 0.6 is 0 Å². The fraction of sp³-hybridized carbons (Fsp3) is 0.0455. The molecule has 0 heteroatoms. The van der Waals surface area contributed by atoms with Crippen molar-refractivity contribution in [2.75, 3.05) is 0 Å². The van der Waals surface area contributed by atoms with E-state index in [2.05, 4.69) is 185 Å². The molecule has 0 aliphatic carbocycles. The van der Waals surface area contributed by atoms with Gasteiger partial charge in [0.2, 0.25) is 0 Å². The minimum absolute atomic E-state index is 1.36. The molecule has 0 aliphatic heterocycles. The molecule has 0 spiro atoms. The summed E-state index contributed by atoms with van der Waals surface area (Å²) in [7, 11) is 0. The molecule has 88 heavy (non-hydrogen) atoms. The van der Waals surface area contributed by atoms with E-state index in [0.717, 1.165) is 0 Å². The van der Waals surface area contributed by atoms with Crippen LogP contribution in [0, 0.1) is 27.7 Å². The van der Waals surface area contributed by atoms with Gasteiger partial charge < -0.3 is 0 Å². The Balaban J connectivity index is 1.02. The SMILES string of the molecule is Cc1ccc2c3cccc4c5cccc6c7ccc8c9cc%10c%11ccc(C)c%12c%13c(C)ccc%14c%15cccc%16c%17cccc%18c%19ccc%20c%21cc%22c%23ccc(C)c%24c1c2c1c(c43)c(c56)c2c7c8c(c%21c9c3c%20c%19c4c(c%17%18)c(c%16%15)c(c%14%13)c(c%11%12)c4c%103)c%22c2c1c%23%24. The maximum atomic E-state index is 2.75. The molecule has 28 aromatic carbocycles. The standard InChI is InChI=1S/C88H38/c1-31-17-21-43-39-13-5-9-35-37-11-7-15-41-45-25-28-50-52-30-54-48-24-20-34(4)58-56-32(2)18-22-44-40-14-6-10-36-38-12-8-16-42-46-26-27-49-51-29-53-47-23-19-33(3)57-55(31)63(43)81-75(59(35)39)77(61(37)41)85-67(45)69(50)79(73(53)87(85)83(81)65(47)57)71(51)72(52)80-70(49)68(46)86-78(62(38)42)76(60(36)40)82(64(44)56)84(66(48)58)88(86)74(54)80/h5-30H,1-4H3. The molecule has 0 nitrogen and oxygen atoms in total. The van der Waals surface area contributed by atoms with Crippen LogP contribution in [0.3, 0.4) is 0 Å². The normalized spacial score (nSPS) is 14.4. The second kappa shape index (κ2) is 12.0. The zero-order valence-electron chi connectivity index (χ0n) is 48.0. The summed E-state index contributed by atoms with van der Waals surface area (Å²) in [5.74, 6) is 0. The number of hydrogen-bond acceptors (Lipinski definition) is 0. The minimum atomic E-state index is 1.36. The third kappa shape index (κ3) is 3.50. The van der Waals surface area contributed by atoms with Gasteiger partial charge in [-0.15, -0.1) is 0 Å². The molecular formula is C88H38. The van der Waals surface area contributed by atoms with E-state index in [0.29, 0.717) is 0 Å². The van der Waals surface area contributed by atoms with Crippen molar-refractivity contribution < 1.29 is 0 Å². The molecule has 0 radical (unpaired) electrons. The van der Waals surface area contributed by atoms with E-state index in [1.807, 2.05) is 0 Å². The molecule has 0 aromatic heterocycles. The zero-order chi connectivity index (χ0) is 55.9. The molecule has 0 aliphatic rings. The average Bonchev–Trinajstić information content (AvgIpc) is 0.637. The fourth-order valence-electron chi connectivity index (χ4n) is 22.5. The highest BCUT2D eigenvalue weighted by molar-refractivity contribution is 6.68. The maximum absolute atomic E-state index is 2.75. The second-order valence-electron chi connectivity index (χ2n) is 28.1. The van der Waals surface area contributed by atoms with Gasteiger partial charge in [-0.05, 0) is 353 Å². The predicted molar refractivity (Wildman–Crippen MR) is 386 cm³/mol. The van der Waals surface area contributed by atoms with Crippen molar-refractivity contribution in [2.24, 2.45) is 0 Å². The van der Waals surface area contributed by atoms with Gasteiger partial charge in [-0.25, -0.2) is 0 Å². The minimum Gasteiger partial charge on any atom is -0.0610 e. The van der Waals surface area contributed by atoms with Crippen LogP contribution in [0.5, 0.6) is 0 Å². The summed E-state index contributed by atoms with van der Waals surface area (Å²) in [6, 6.07) is 64.6. The van der Waals surface area contributed by atoms with Gasteiger partial charge in [-0.1, -0.05) is 146 Å². The molecule has 0 heterocycles. The Morgan fingerprint density at radius 2 is 0.250 bits per heavy atom. The highest BCUT2D eigenvalue weighted by atomic mass is 14.4. The van der Waals surface area contributed by atoms with E-state index in [4.69, 9.17) is 0 Å². The first-order valence-electron chi connectivity index (χ1n) is 31.8. The smallest absolute Gasteiger partial charge is 0.0000236 e. The third-order valence-corrected chi connectivity index (χ3v) is 25.1. The van der Waals surface area contributed by atoms with Gasteiger partial charge in [0.1, 0.15) is 0 Å². The van der Waals surface area contributed by atoms with Crippen LogP contribution in [-0.2, 0) is 0 Å². The van der Waals surface area contributed by atoms with Crippen LogP contribution < -0.4 is 0 Å². The van der Waals surface area contributed by atoms with E-state index >= 15 is 0 Å². The van der Waals surface area contributed by atoms with Gasteiger partial charge in [0.25, 0.3) is 0 Å². The summed E-state index contributed by atoms with van der Waals surface area (Å²) >= 11 is 0. The van der Waals surface area contributed by atoms with Crippen molar-refractivity contribution in [1.29, 1.82) is 0 Å². The fourth-order valence-corrected chi connectivity index (χ4v) is 22.5. The lowest BCUT2D eigenvalue weighted by atomic mass is 9.69. The lowest BCUT2D eigenvalue weighted by molar-refractivity contribution is 1.53. The van der Waals surface area contributed by atoms with Gasteiger partial charge in [-0.2, -0.15) is 0 Å². The Hall–Kier alpha value is -10.9. The molecule has 0 bridgehead atoms. The molecule has 0 saturated carbocycles. The van der Waals surface area contributed by atoms with Crippen LogP contribution in [0.15, 0.2) is 158 Å². The van der Waals surface area contributed by atoms with Crippen molar-refractivity contribution in [1.82, 2.24) is 0 Å². The Labute approximate surface area is 495 Å². The summed E-state index contributed by atoms with van der Waals surface area (Å²) in [5, 5.41) is 77.1. The van der Waals surface area contributed by atoms with Crippen LogP contribution in [0.2, 0.25) is 0 Å². The van der Waals surface area contributed by atoms with Crippen LogP contribution in [0.1, 0.15) is 22.3 Å². The third-order valence-electron chi connectivity index (χ3n) is 25.1. The van der Waals surface area contributed by atoms with Gasteiger partial charge >= 0.3 is 0 Å². The largest absolute Gasteiger partial charge is 0.0610 e. The van der Waals surface area contributed by atoms with Crippen molar-refractivity contribution >= 4 is 291 Å². The first-order valence-corrected chi connectivity index (χ1v) is 31.8. The van der Waals surface area contributed by atoms with Gasteiger partial charge in [-0.3, -0.25) is 0 Å². The highest BCUT2D eigenvalue weighted by Crippen LogP contribution is 2.67. The number of rotatable bonds is 0. The molecule has 390 valence electrons. The van der Waals surface area contributed by atoms with E-state index in [1.165, 1.54) is 313 Å². The quantitative estimate of drug-likeness (QED) is 0.105. The number of benzene rings is 28. The lowest BCUT2D eigenvalue weighted by Crippen LogP contribution is -2.04. The maximum Gasteiger partial charge on any atom is -0.0000236 e. The summed E-state index contributed by atoms with van der Waals surface area (Å²) in [5.41, 5.74) is 5.43. The Morgan fingerprint density at radius 1 is 0.114 bits per heavy atom. The number of aryl methyl sites for hydroxylation is 4. The van der Waals surface area contributed by atoms with Crippen LogP contribution in [-0.4, -0.2) is 0 Å². The van der Waals surface area contributed by atoms with Crippen molar-refractivity contribution in [3.63, 3.8) is 0 Å². The van der Waals surface area contributed by atoms with Crippen molar-refractivity contribution in [3.8, 4) is 0 Å². The van der Waals surface area contributed by atoms with Gasteiger partial charge in [0, 0.05) is 0 Å². The van der Waals surface area contributed by atoms with E-state index in [9.17, 15) is 0 Å². The van der Waals surface area contributed by atoms with Gasteiger partial charge in [0.15, 0.2) is 0 Å². The molecule has 0 fully saturated rings. The molecular weight excluding hydrogens is 1060 g/mol. The monoisotopic (exact) mass is 1090 g/mol. The van der Waals surface area contributed by atoms with E-state index < -0.39 is 0 Å². The van der Waals surface area contributed by atoms with Crippen LogP contribution in [0.4, 0.5) is 0 Å². The molecule has 28 aromatic rings. The number of hydrogen-bond donors (Lipinski definition) is 0. The molecule has 0 saturated heterocycles. The molecule has 0 N–H and O–H groups in total. The zero-order valence-corrected chi connectivity index (χ0v) is 48.0. The van der Waals surface area contributed by atoms with Gasteiger partial charge in [0.05, 0.1) is 0 Å². The summed E-state index contributed by atoms with van der Waals surface area (Å²) in [6.07, 6.45) is 0. The molecule has 28 rings (SSSR count). The Kier molecular flexibility index (Phi) is 5.61. The van der Waals surface area contributed by atoms with Crippen LogP contribution in [0.25, 0.3) is 291 Å². The molecule has 0 atom stereocenters. The topological polar surface area (TPSA) is 0 Å². The predicted octanol–water partition coefficient (Wildman–Crippen LogP) is 25.6. The summed E-state index contributed by atoms with van der Waals surface area (Å²) < 4.78 is 0. The van der Waals surface area contributed by atoms with E-state index in [-0.39, 0.29) is 0 Å². The Morgan fingerprint density at radius 3 is 0.477 bits per heavy atom. The van der Waals surface area contributed by atoms with Crippen molar-refractivity contribution in [3.05, 3.63) is 180 Å². The first-order chi connectivity index (χ1) is 43.4. The van der Waals surface area contributed by atoms with Crippen molar-refractivity contribution in [2.45, 2.75) is 27.7 Å². The second-order valence-corrected chi connectivity index (χ2v) is 28.1.